The van der Waals surface area contributed by atoms with Gasteiger partial charge < -0.3 is 21.1 Å². The lowest BCUT2D eigenvalue weighted by Crippen LogP contribution is -2.17. The van der Waals surface area contributed by atoms with Gasteiger partial charge in [-0.1, -0.05) is 0 Å². The van der Waals surface area contributed by atoms with Crippen molar-refractivity contribution in [2.45, 2.75) is 6.36 Å². The summed E-state index contributed by atoms with van der Waals surface area (Å²) >= 11 is 0. The van der Waals surface area contributed by atoms with E-state index in [1.165, 1.54) is 30.3 Å². The van der Waals surface area contributed by atoms with Gasteiger partial charge in [0.15, 0.2) is 5.82 Å². The minimum Gasteiger partial charge on any atom is -0.406 e. The number of imidazole rings is 1. The van der Waals surface area contributed by atoms with Gasteiger partial charge in [-0.05, 0) is 41.6 Å². The first-order valence-corrected chi connectivity index (χ1v) is 9.60. The van der Waals surface area contributed by atoms with Crippen LogP contribution in [-0.4, -0.2) is 38.8 Å². The van der Waals surface area contributed by atoms with Gasteiger partial charge in [-0.25, -0.2) is 15.0 Å². The van der Waals surface area contributed by atoms with Crippen LogP contribution in [0.25, 0.3) is 16.9 Å². The molecule has 0 aliphatic heterocycles. The molecule has 4 rings (SSSR count). The Balaban J connectivity index is 1.46. The van der Waals surface area contributed by atoms with Gasteiger partial charge in [0, 0.05) is 37.1 Å². The molecule has 4 N–H and O–H groups in total. The zero-order valence-electron chi connectivity index (χ0n) is 16.9. The molecule has 13 heteroatoms. The van der Waals surface area contributed by atoms with Crippen molar-refractivity contribution in [3.63, 3.8) is 0 Å². The van der Waals surface area contributed by atoms with E-state index in [1.54, 1.807) is 28.9 Å². The first-order valence-electron chi connectivity index (χ1n) is 9.60. The highest BCUT2D eigenvalue weighted by molar-refractivity contribution is 5.66. The van der Waals surface area contributed by atoms with Crippen molar-refractivity contribution in [2.75, 3.05) is 29.5 Å². The maximum Gasteiger partial charge on any atom is 0.573 e. The zero-order chi connectivity index (χ0) is 23.4. The summed E-state index contributed by atoms with van der Waals surface area (Å²) < 4.78 is 42.8. The number of anilines is 3. The van der Waals surface area contributed by atoms with Crippen molar-refractivity contribution in [2.24, 2.45) is 5.18 Å². The number of nitrogen functional groups attached to an aromatic ring is 1. The highest BCUT2D eigenvalue weighted by Gasteiger charge is 2.31. The van der Waals surface area contributed by atoms with Gasteiger partial charge in [0.05, 0.1) is 5.69 Å². The van der Waals surface area contributed by atoms with E-state index in [0.29, 0.717) is 41.8 Å². The molecule has 3 heterocycles. The van der Waals surface area contributed by atoms with Crippen LogP contribution >= 0.6 is 0 Å². The predicted molar refractivity (Wildman–Crippen MR) is 116 cm³/mol. The molecule has 0 saturated heterocycles. The highest BCUT2D eigenvalue weighted by atomic mass is 19.4. The number of fused-ring (bicyclic) bond motifs is 1. The molecule has 0 amide bonds. The molecule has 3 aromatic heterocycles. The van der Waals surface area contributed by atoms with Crippen molar-refractivity contribution in [1.29, 1.82) is 0 Å². The van der Waals surface area contributed by atoms with E-state index in [2.05, 4.69) is 35.5 Å². The number of benzene rings is 1. The third-order valence-corrected chi connectivity index (χ3v) is 4.49. The van der Waals surface area contributed by atoms with Crippen LogP contribution < -0.4 is 21.1 Å². The Kier molecular flexibility index (Phi) is 5.93. The van der Waals surface area contributed by atoms with Crippen molar-refractivity contribution in [3.8, 4) is 17.0 Å². The van der Waals surface area contributed by atoms with Crippen LogP contribution in [0.2, 0.25) is 0 Å². The fourth-order valence-corrected chi connectivity index (χ4v) is 3.03. The third-order valence-electron chi connectivity index (χ3n) is 4.49. The lowest BCUT2D eigenvalue weighted by Gasteiger charge is -2.12. The van der Waals surface area contributed by atoms with Crippen LogP contribution in [0.4, 0.5) is 36.4 Å². The summed E-state index contributed by atoms with van der Waals surface area (Å²) in [5.74, 6) is 0.690. The molecule has 0 bridgehead atoms. The summed E-state index contributed by atoms with van der Waals surface area (Å²) in [6.07, 6.45) is -1.41. The van der Waals surface area contributed by atoms with Crippen LogP contribution in [0.3, 0.4) is 0 Å². The number of pyridine rings is 1. The summed E-state index contributed by atoms with van der Waals surface area (Å²) in [4.78, 5) is 23.5. The number of aromatic nitrogens is 4. The molecular formula is C20H17F3N8O2. The fourth-order valence-electron chi connectivity index (χ4n) is 3.03. The summed E-state index contributed by atoms with van der Waals surface area (Å²) in [6, 6.07) is 10.2. The normalized spacial score (nSPS) is 11.4. The topological polar surface area (TPSA) is 132 Å². The van der Waals surface area contributed by atoms with Crippen molar-refractivity contribution >= 4 is 28.9 Å². The molecule has 0 atom stereocenters. The molecule has 0 aliphatic carbocycles. The van der Waals surface area contributed by atoms with Crippen molar-refractivity contribution in [1.82, 2.24) is 19.4 Å². The van der Waals surface area contributed by atoms with E-state index in [9.17, 15) is 18.1 Å². The molecule has 0 fully saturated rings. The Bertz CT molecular complexity index is 1270. The number of nitrogens with two attached hydrogens (primary N) is 1. The van der Waals surface area contributed by atoms with Gasteiger partial charge in [-0.15, -0.1) is 18.1 Å². The third kappa shape index (κ3) is 5.26. The SMILES string of the molecule is Nc1nc(NCCNc2nc(-c3ccc(OC(F)(F)F)cc3)cc3nccn23)ccc1N=O. The largest absolute Gasteiger partial charge is 0.573 e. The second-order valence-corrected chi connectivity index (χ2v) is 6.74. The lowest BCUT2D eigenvalue weighted by molar-refractivity contribution is -0.274. The zero-order valence-corrected chi connectivity index (χ0v) is 16.9. The first kappa shape index (κ1) is 21.8. The molecule has 10 nitrogen and oxygen atoms in total. The standard InChI is InChI=1S/C20H17F3N8O2/c21-20(22,23)33-13-3-1-12(2-4-13)15-11-17-26-9-10-31(17)19(28-15)27-8-7-25-16-6-5-14(30-32)18(24)29-16/h1-6,9-11H,7-8H2,(H,27,28)(H3,24,25,29). The highest BCUT2D eigenvalue weighted by Crippen LogP contribution is 2.27. The number of rotatable bonds is 8. The van der Waals surface area contributed by atoms with Crippen LogP contribution in [-0.2, 0) is 0 Å². The van der Waals surface area contributed by atoms with Gasteiger partial charge in [-0.3, -0.25) is 4.40 Å². The van der Waals surface area contributed by atoms with E-state index < -0.39 is 6.36 Å². The smallest absolute Gasteiger partial charge is 0.406 e. The lowest BCUT2D eigenvalue weighted by atomic mass is 10.1. The monoisotopic (exact) mass is 458 g/mol. The van der Waals surface area contributed by atoms with Gasteiger partial charge in [-0.2, -0.15) is 0 Å². The van der Waals surface area contributed by atoms with Crippen LogP contribution in [0, 0.1) is 4.91 Å². The van der Waals surface area contributed by atoms with Crippen LogP contribution in [0.5, 0.6) is 5.75 Å². The van der Waals surface area contributed by atoms with E-state index in [1.807, 2.05) is 0 Å². The fraction of sp³-hybridized carbons (Fsp3) is 0.150. The molecular weight excluding hydrogens is 441 g/mol. The van der Waals surface area contributed by atoms with Crippen LogP contribution in [0.1, 0.15) is 0 Å². The summed E-state index contributed by atoms with van der Waals surface area (Å²) in [7, 11) is 0. The number of hydrogen-bond donors (Lipinski definition) is 3. The molecule has 0 aliphatic rings. The summed E-state index contributed by atoms with van der Waals surface area (Å²) in [5.41, 5.74) is 7.44. The number of halogens is 3. The van der Waals surface area contributed by atoms with Gasteiger partial charge in [0.2, 0.25) is 5.95 Å². The van der Waals surface area contributed by atoms with Gasteiger partial charge in [0.25, 0.3) is 0 Å². The molecule has 0 spiro atoms. The Morgan fingerprint density at radius 3 is 2.52 bits per heavy atom. The summed E-state index contributed by atoms with van der Waals surface area (Å²) in [5, 5.41) is 9.02. The maximum absolute atomic E-state index is 12.4. The van der Waals surface area contributed by atoms with Crippen molar-refractivity contribution in [3.05, 3.63) is 59.8 Å². The van der Waals surface area contributed by atoms with Crippen molar-refractivity contribution < 1.29 is 17.9 Å². The molecule has 33 heavy (non-hydrogen) atoms. The molecule has 0 unspecified atom stereocenters. The number of nitrogens with one attached hydrogen (secondary N) is 2. The molecule has 0 radical (unpaired) electrons. The Morgan fingerprint density at radius 2 is 1.82 bits per heavy atom. The number of hydrogen-bond acceptors (Lipinski definition) is 9. The molecule has 4 aromatic rings. The average molecular weight is 458 g/mol. The van der Waals surface area contributed by atoms with E-state index in [4.69, 9.17) is 5.73 Å². The van der Waals surface area contributed by atoms with Gasteiger partial charge >= 0.3 is 6.36 Å². The number of alkyl halides is 3. The first-order chi connectivity index (χ1) is 15.8. The quantitative estimate of drug-likeness (QED) is 0.265. The maximum atomic E-state index is 12.4. The molecule has 170 valence electrons. The molecule has 0 saturated carbocycles. The number of ether oxygens (including phenoxy) is 1. The minimum absolute atomic E-state index is 0.0316. The second kappa shape index (κ2) is 8.98. The average Bonchev–Trinajstić information content (AvgIpc) is 3.25. The number of nitrogens with zero attached hydrogens (tertiary/aromatic N) is 5. The summed E-state index contributed by atoms with van der Waals surface area (Å²) in [6.45, 7) is 0.892. The second-order valence-electron chi connectivity index (χ2n) is 6.74. The Morgan fingerprint density at radius 1 is 1.06 bits per heavy atom. The van der Waals surface area contributed by atoms with E-state index >= 15 is 0 Å². The Hall–Kier alpha value is -4.42. The number of nitroso groups, excluding NO2 is 1. The molecule has 1 aromatic carbocycles. The van der Waals surface area contributed by atoms with Gasteiger partial charge in [0.1, 0.15) is 22.9 Å². The Labute approximate surface area is 184 Å². The van der Waals surface area contributed by atoms with E-state index in [-0.39, 0.29) is 17.3 Å². The predicted octanol–water partition coefficient (Wildman–Crippen LogP) is 4.19. The van der Waals surface area contributed by atoms with Crippen LogP contribution in [0.15, 0.2) is 60.0 Å². The van der Waals surface area contributed by atoms with E-state index in [0.717, 1.165) is 0 Å². The minimum atomic E-state index is -4.76.